The first kappa shape index (κ1) is 47.2. The largest absolute Gasteiger partial charge is 0.492 e. The highest BCUT2D eigenvalue weighted by molar-refractivity contribution is 6.08. The Morgan fingerprint density at radius 3 is 1.56 bits per heavy atom. The first-order valence-electron chi connectivity index (χ1n) is 20.4. The van der Waals surface area contributed by atoms with Gasteiger partial charge in [0.25, 0.3) is 17.5 Å². The van der Waals surface area contributed by atoms with Crippen molar-refractivity contribution in [3.05, 3.63) is 176 Å². The van der Waals surface area contributed by atoms with Crippen molar-refractivity contribution in [1.82, 2.24) is 20.6 Å². The minimum atomic E-state index is -1.17. The molecule has 0 unspecified atom stereocenters. The number of nitrogens with zero attached hydrogens (tertiary/aromatic N) is 3. The number of fused-ring (bicyclic) bond motifs is 2. The van der Waals surface area contributed by atoms with Gasteiger partial charge in [-0.3, -0.25) is 29.7 Å². The van der Waals surface area contributed by atoms with E-state index in [4.69, 9.17) is 24.7 Å². The van der Waals surface area contributed by atoms with E-state index in [1.54, 1.807) is 54.9 Å². The molecule has 0 radical (unpaired) electrons. The summed E-state index contributed by atoms with van der Waals surface area (Å²) in [7, 11) is 0. The number of hydrogen-bond donors (Lipinski definition) is 5. The van der Waals surface area contributed by atoms with Crippen LogP contribution in [0, 0.1) is 33.4 Å². The number of aromatic nitrogens is 2. The summed E-state index contributed by atoms with van der Waals surface area (Å²) >= 11 is 0. The lowest BCUT2D eigenvalue weighted by Crippen LogP contribution is -2.33. The van der Waals surface area contributed by atoms with E-state index in [-0.39, 0.29) is 78.1 Å². The molecule has 2 aliphatic rings. The fraction of sp³-hybridized carbons (Fsp3) is 0.174. The van der Waals surface area contributed by atoms with Crippen LogP contribution in [0.15, 0.2) is 109 Å². The first-order chi connectivity index (χ1) is 32.7. The molecule has 0 fully saturated rings. The molecule has 6 aromatic rings. The van der Waals surface area contributed by atoms with Crippen LogP contribution in [-0.4, -0.2) is 52.1 Å². The number of halogens is 4. The van der Waals surface area contributed by atoms with Crippen LogP contribution in [0.2, 0.25) is 0 Å². The van der Waals surface area contributed by atoms with Crippen LogP contribution in [0.3, 0.4) is 0 Å². The number of non-ortho nitro benzene ring substituents is 1. The highest BCUT2D eigenvalue weighted by atomic mass is 19.2. The summed E-state index contributed by atoms with van der Waals surface area (Å²) in [4.78, 5) is 69.4. The van der Waals surface area contributed by atoms with E-state index >= 15 is 0 Å². The molecule has 0 saturated heterocycles. The molecule has 350 valence electrons. The summed E-state index contributed by atoms with van der Waals surface area (Å²) in [5.74, 6) is -5.58. The molecule has 0 aliphatic carbocycles. The first-order valence-corrected chi connectivity index (χ1v) is 20.4. The van der Waals surface area contributed by atoms with Gasteiger partial charge < -0.3 is 45.9 Å². The van der Waals surface area contributed by atoms with Crippen molar-refractivity contribution >= 4 is 46.8 Å². The number of nitrogens with one attached hydrogen (secondary N) is 4. The normalized spacial score (nSPS) is 14.4. The van der Waals surface area contributed by atoms with E-state index in [0.29, 0.717) is 23.4 Å². The zero-order chi connectivity index (χ0) is 48.3. The molecule has 4 heterocycles. The number of ether oxygens (including phenoxy) is 4. The Labute approximate surface area is 382 Å². The second-order valence-corrected chi connectivity index (χ2v) is 14.8. The Morgan fingerprint density at radius 2 is 1.12 bits per heavy atom. The Kier molecular flexibility index (Phi) is 14.9. The fourth-order valence-electron chi connectivity index (χ4n) is 6.92. The number of anilines is 3. The summed E-state index contributed by atoms with van der Waals surface area (Å²) in [6.07, 6.45) is 2.40. The fourth-order valence-corrected chi connectivity index (χ4v) is 6.92. The van der Waals surface area contributed by atoms with Gasteiger partial charge in [0.15, 0.2) is 23.3 Å². The predicted molar refractivity (Wildman–Crippen MR) is 233 cm³/mol. The van der Waals surface area contributed by atoms with Crippen LogP contribution in [-0.2, 0) is 22.7 Å². The van der Waals surface area contributed by atoms with Crippen molar-refractivity contribution in [2.75, 3.05) is 29.6 Å². The Bertz CT molecular complexity index is 2860. The van der Waals surface area contributed by atoms with Crippen molar-refractivity contribution < 1.29 is 60.6 Å². The molecular formula is C46H38F4N8O10. The van der Waals surface area contributed by atoms with Crippen LogP contribution < -0.4 is 36.5 Å². The number of pyridine rings is 2. The van der Waals surface area contributed by atoms with Gasteiger partial charge in [-0.15, -0.1) is 0 Å². The Hall–Kier alpha value is -8.82. The molecule has 68 heavy (non-hydrogen) atoms. The lowest BCUT2D eigenvalue weighted by molar-refractivity contribution is -0.385. The van der Waals surface area contributed by atoms with Gasteiger partial charge in [0, 0.05) is 77.7 Å². The van der Waals surface area contributed by atoms with Gasteiger partial charge in [-0.25, -0.2) is 27.2 Å². The smallest absolute Gasteiger partial charge is 0.408 e. The van der Waals surface area contributed by atoms with E-state index in [9.17, 15) is 46.9 Å². The number of hydrogen-bond acceptors (Lipinski definition) is 13. The second kappa shape index (κ2) is 21.4. The number of alkyl carbamates (subject to hydrolysis) is 2. The number of rotatable bonds is 11. The van der Waals surface area contributed by atoms with Crippen molar-refractivity contribution in [2.45, 2.75) is 38.1 Å². The van der Waals surface area contributed by atoms with Crippen LogP contribution in [0.4, 0.5) is 49.9 Å². The number of carbonyl (C=O) groups is 4. The Morgan fingerprint density at radius 1 is 0.647 bits per heavy atom. The SMILES string of the molecule is Nc1cc(C(=O)Nc2ccc(F)c(F)c2)c2c(c1)[C@@H](NC(=O)OCc1ccccn1)CCO2.O=C(N[C@H]1CCOc2c(C(=O)Nc3ccc(F)c(F)c3)cc([N+](=O)[O-])cc21)OCc1ccccn1. The maximum atomic E-state index is 13.5. The maximum Gasteiger partial charge on any atom is 0.408 e. The van der Waals surface area contributed by atoms with Gasteiger partial charge in [-0.05, 0) is 60.7 Å². The monoisotopic (exact) mass is 938 g/mol. The number of nitro groups is 1. The number of carbonyl (C=O) groups excluding carboxylic acids is 4. The third-order valence-corrected chi connectivity index (χ3v) is 10.1. The van der Waals surface area contributed by atoms with E-state index < -0.39 is 70.0 Å². The third-order valence-electron chi connectivity index (χ3n) is 10.1. The van der Waals surface area contributed by atoms with Gasteiger partial charge in [0.1, 0.15) is 24.7 Å². The number of benzene rings is 4. The zero-order valence-corrected chi connectivity index (χ0v) is 35.3. The molecule has 4 amide bonds. The highest BCUT2D eigenvalue weighted by Gasteiger charge is 2.32. The minimum Gasteiger partial charge on any atom is -0.492 e. The van der Waals surface area contributed by atoms with Gasteiger partial charge in [0.2, 0.25) is 0 Å². The maximum absolute atomic E-state index is 13.5. The number of amides is 4. The quantitative estimate of drug-likeness (QED) is 0.0356. The molecule has 18 nitrogen and oxygen atoms in total. The molecule has 0 spiro atoms. The van der Waals surface area contributed by atoms with E-state index in [2.05, 4.69) is 31.2 Å². The molecule has 6 N–H and O–H groups in total. The second-order valence-electron chi connectivity index (χ2n) is 14.8. The van der Waals surface area contributed by atoms with Gasteiger partial charge >= 0.3 is 12.2 Å². The number of nitrogen functional groups attached to an aromatic ring is 1. The van der Waals surface area contributed by atoms with Crippen LogP contribution in [0.25, 0.3) is 0 Å². The minimum absolute atomic E-state index is 0.00155. The van der Waals surface area contributed by atoms with Crippen molar-refractivity contribution in [3.63, 3.8) is 0 Å². The summed E-state index contributed by atoms with van der Waals surface area (Å²) < 4.78 is 75.1. The van der Waals surface area contributed by atoms with E-state index in [1.807, 2.05) is 0 Å². The molecule has 4 aromatic carbocycles. The average molecular weight is 939 g/mol. The average Bonchev–Trinajstić information content (AvgIpc) is 3.33. The summed E-state index contributed by atoms with van der Waals surface area (Å²) in [5.41, 5.74) is 7.58. The van der Waals surface area contributed by atoms with Gasteiger partial charge in [-0.1, -0.05) is 12.1 Å². The summed E-state index contributed by atoms with van der Waals surface area (Å²) in [6, 6.07) is 20.1. The molecule has 22 heteroatoms. The van der Waals surface area contributed by atoms with Gasteiger partial charge in [-0.2, -0.15) is 0 Å². The molecular weight excluding hydrogens is 901 g/mol. The Balaban J connectivity index is 0.000000202. The molecule has 8 rings (SSSR count). The highest BCUT2D eigenvalue weighted by Crippen LogP contribution is 2.40. The predicted octanol–water partition coefficient (Wildman–Crippen LogP) is 8.21. The molecule has 0 bridgehead atoms. The summed E-state index contributed by atoms with van der Waals surface area (Å²) in [5, 5.41) is 21.8. The van der Waals surface area contributed by atoms with Crippen molar-refractivity contribution in [2.24, 2.45) is 0 Å². The zero-order valence-electron chi connectivity index (χ0n) is 35.3. The lowest BCUT2D eigenvalue weighted by atomic mass is 9.96. The summed E-state index contributed by atoms with van der Waals surface area (Å²) in [6.45, 7) is 0.246. The standard InChI is InChI=1S/C23H18F2N4O6.C23H20F2N4O4/c24-18-5-4-13(9-19(18)25)27-22(30)17-11-15(29(32)33)10-16-20(6-8-34-21(16)17)28-23(31)35-12-14-3-1-2-7-26-14;24-18-5-4-14(11-19(18)25)28-22(30)17-10-13(26)9-16-20(6-8-32-21(16)17)29-23(31)33-12-15-3-1-2-7-27-15/h1-5,7,9-11,20H,6,8,12H2,(H,27,30)(H,28,31);1-5,7,9-11,20H,6,8,12,26H2,(H,28,30)(H,29,31)/t2*20-/m00/s1. The van der Waals surface area contributed by atoms with Crippen LogP contribution in [0.1, 0.15) is 68.2 Å². The molecule has 2 aliphatic heterocycles. The topological polar surface area (TPSA) is 248 Å². The number of nitrogens with two attached hydrogens (primary N) is 1. The van der Waals surface area contributed by atoms with Gasteiger partial charge in [0.05, 0.1) is 52.7 Å². The van der Waals surface area contributed by atoms with E-state index in [1.165, 1.54) is 18.2 Å². The van der Waals surface area contributed by atoms with Crippen LogP contribution >= 0.6 is 0 Å². The molecule has 2 aromatic heterocycles. The molecule has 2 atom stereocenters. The third kappa shape index (κ3) is 11.9. The van der Waals surface area contributed by atoms with Crippen molar-refractivity contribution in [1.29, 1.82) is 0 Å². The lowest BCUT2D eigenvalue weighted by Gasteiger charge is -2.28. The number of nitro benzene ring substituents is 1. The van der Waals surface area contributed by atoms with Crippen molar-refractivity contribution in [3.8, 4) is 11.5 Å². The molecule has 0 saturated carbocycles. The van der Waals surface area contributed by atoms with E-state index in [0.717, 1.165) is 36.4 Å². The van der Waals surface area contributed by atoms with Crippen LogP contribution in [0.5, 0.6) is 11.5 Å².